The van der Waals surface area contributed by atoms with E-state index in [0.29, 0.717) is 24.2 Å². The Bertz CT molecular complexity index is 975. The van der Waals surface area contributed by atoms with Crippen molar-refractivity contribution in [3.05, 3.63) is 64.0 Å². The Balaban J connectivity index is 1.98. The van der Waals surface area contributed by atoms with E-state index < -0.39 is 14.9 Å². The molecule has 3 rings (SSSR count). The molecule has 1 saturated carbocycles. The molecule has 0 unspecified atom stereocenters. The minimum Gasteiger partial charge on any atom is -0.363 e. The summed E-state index contributed by atoms with van der Waals surface area (Å²) in [5, 5.41) is 16.8. The lowest BCUT2D eigenvalue weighted by atomic mass is 10.1. The standard InChI is InChI=1S/C19H22FN3O4S/c20-17-8-4-1-5-14(17)11-12-22(15-6-2-3-7-15)18-10-9-16(28(21,26)27)13-19(18)23(24)25/h1,4-5,8-10,13,15H,2-3,6-7,11-12H2,(H2,21,26,27). The van der Waals surface area contributed by atoms with Gasteiger partial charge in [-0.3, -0.25) is 10.1 Å². The van der Waals surface area contributed by atoms with Crippen LogP contribution in [0.4, 0.5) is 15.8 Å². The first-order valence-corrected chi connectivity index (χ1v) is 10.6. The molecule has 150 valence electrons. The number of nitro benzene ring substituents is 1. The summed E-state index contributed by atoms with van der Waals surface area (Å²) < 4.78 is 37.2. The van der Waals surface area contributed by atoms with Gasteiger partial charge in [0.15, 0.2) is 0 Å². The molecule has 0 heterocycles. The SMILES string of the molecule is NS(=O)(=O)c1ccc(N(CCc2ccccc2F)C2CCCC2)c([N+](=O)[O-])c1. The Morgan fingerprint density at radius 1 is 1.18 bits per heavy atom. The summed E-state index contributed by atoms with van der Waals surface area (Å²) in [5.41, 5.74) is 0.557. The smallest absolute Gasteiger partial charge is 0.293 e. The second-order valence-electron chi connectivity index (χ2n) is 6.93. The van der Waals surface area contributed by atoms with E-state index in [2.05, 4.69) is 0 Å². The molecule has 2 N–H and O–H groups in total. The topological polar surface area (TPSA) is 107 Å². The highest BCUT2D eigenvalue weighted by Crippen LogP contribution is 2.36. The average molecular weight is 407 g/mol. The van der Waals surface area contributed by atoms with Crippen molar-refractivity contribution in [2.75, 3.05) is 11.4 Å². The molecular weight excluding hydrogens is 385 g/mol. The molecule has 9 heteroatoms. The molecule has 28 heavy (non-hydrogen) atoms. The van der Waals surface area contributed by atoms with Gasteiger partial charge in [-0.25, -0.2) is 17.9 Å². The Kier molecular flexibility index (Phi) is 5.95. The van der Waals surface area contributed by atoms with Crippen molar-refractivity contribution in [2.45, 2.75) is 43.0 Å². The first-order chi connectivity index (χ1) is 13.3. The van der Waals surface area contributed by atoms with E-state index in [1.54, 1.807) is 18.2 Å². The third kappa shape index (κ3) is 4.48. The van der Waals surface area contributed by atoms with Gasteiger partial charge in [-0.15, -0.1) is 0 Å². The van der Waals surface area contributed by atoms with Gasteiger partial charge in [0.05, 0.1) is 9.82 Å². The van der Waals surface area contributed by atoms with E-state index >= 15 is 0 Å². The van der Waals surface area contributed by atoms with E-state index in [1.807, 2.05) is 4.90 Å². The molecule has 0 aliphatic heterocycles. The van der Waals surface area contributed by atoms with Crippen LogP contribution in [-0.2, 0) is 16.4 Å². The van der Waals surface area contributed by atoms with Gasteiger partial charge in [0.2, 0.25) is 10.0 Å². The molecule has 2 aromatic carbocycles. The van der Waals surface area contributed by atoms with Gasteiger partial charge in [-0.05, 0) is 43.0 Å². The van der Waals surface area contributed by atoms with Crippen LogP contribution < -0.4 is 10.0 Å². The van der Waals surface area contributed by atoms with Crippen LogP contribution in [0.2, 0.25) is 0 Å². The Labute approximate surface area is 163 Å². The molecule has 0 atom stereocenters. The van der Waals surface area contributed by atoms with Gasteiger partial charge in [0.25, 0.3) is 5.69 Å². The fraction of sp³-hybridized carbons (Fsp3) is 0.368. The van der Waals surface area contributed by atoms with E-state index in [4.69, 9.17) is 5.14 Å². The highest BCUT2D eigenvalue weighted by molar-refractivity contribution is 7.89. The maximum atomic E-state index is 14.0. The van der Waals surface area contributed by atoms with Crippen LogP contribution in [0.5, 0.6) is 0 Å². The first-order valence-electron chi connectivity index (χ1n) is 9.08. The number of hydrogen-bond acceptors (Lipinski definition) is 5. The summed E-state index contributed by atoms with van der Waals surface area (Å²) in [5.74, 6) is -0.312. The van der Waals surface area contributed by atoms with Crippen molar-refractivity contribution in [3.63, 3.8) is 0 Å². The van der Waals surface area contributed by atoms with E-state index in [1.165, 1.54) is 18.2 Å². The number of benzene rings is 2. The maximum Gasteiger partial charge on any atom is 0.293 e. The number of anilines is 1. The molecule has 0 aromatic heterocycles. The van der Waals surface area contributed by atoms with Gasteiger partial charge in [0.1, 0.15) is 11.5 Å². The van der Waals surface area contributed by atoms with E-state index in [9.17, 15) is 22.9 Å². The first kappa shape index (κ1) is 20.2. The monoisotopic (exact) mass is 407 g/mol. The molecule has 1 aliphatic rings. The van der Waals surface area contributed by atoms with Crippen LogP contribution in [0, 0.1) is 15.9 Å². The molecular formula is C19H22FN3O4S. The minimum absolute atomic E-state index is 0.0887. The zero-order valence-electron chi connectivity index (χ0n) is 15.3. The van der Waals surface area contributed by atoms with Gasteiger partial charge in [-0.2, -0.15) is 0 Å². The quantitative estimate of drug-likeness (QED) is 0.559. The van der Waals surface area contributed by atoms with Gasteiger partial charge < -0.3 is 4.90 Å². The van der Waals surface area contributed by atoms with Crippen LogP contribution >= 0.6 is 0 Å². The second kappa shape index (κ2) is 8.24. The van der Waals surface area contributed by atoms with E-state index in [-0.39, 0.29) is 22.4 Å². The summed E-state index contributed by atoms with van der Waals surface area (Å²) in [6, 6.07) is 10.2. The van der Waals surface area contributed by atoms with Gasteiger partial charge in [0, 0.05) is 18.7 Å². The van der Waals surface area contributed by atoms with Gasteiger partial charge >= 0.3 is 0 Å². The van der Waals surface area contributed by atoms with Crippen molar-refractivity contribution < 1.29 is 17.7 Å². The number of primary sulfonamides is 1. The molecule has 0 radical (unpaired) electrons. The normalized spacial score (nSPS) is 14.9. The third-order valence-corrected chi connectivity index (χ3v) is 6.04. The largest absolute Gasteiger partial charge is 0.363 e. The molecule has 1 fully saturated rings. The summed E-state index contributed by atoms with van der Waals surface area (Å²) in [4.78, 5) is 12.6. The number of halogens is 1. The lowest BCUT2D eigenvalue weighted by Gasteiger charge is -2.31. The lowest BCUT2D eigenvalue weighted by Crippen LogP contribution is -2.35. The highest BCUT2D eigenvalue weighted by Gasteiger charge is 2.29. The summed E-state index contributed by atoms with van der Waals surface area (Å²) in [7, 11) is -4.05. The van der Waals surface area contributed by atoms with Crippen molar-refractivity contribution >= 4 is 21.4 Å². The van der Waals surface area contributed by atoms with Crippen LogP contribution in [0.25, 0.3) is 0 Å². The highest BCUT2D eigenvalue weighted by atomic mass is 32.2. The second-order valence-corrected chi connectivity index (χ2v) is 8.49. The predicted molar refractivity (Wildman–Crippen MR) is 104 cm³/mol. The van der Waals surface area contributed by atoms with Crippen LogP contribution in [0.1, 0.15) is 31.2 Å². The molecule has 0 bridgehead atoms. The number of nitrogens with zero attached hydrogens (tertiary/aromatic N) is 2. The summed E-state index contributed by atoms with van der Waals surface area (Å²) in [6.07, 6.45) is 4.18. The zero-order chi connectivity index (χ0) is 20.3. The van der Waals surface area contributed by atoms with E-state index in [0.717, 1.165) is 31.7 Å². The maximum absolute atomic E-state index is 14.0. The third-order valence-electron chi connectivity index (χ3n) is 5.13. The molecule has 7 nitrogen and oxygen atoms in total. The molecule has 2 aromatic rings. The Morgan fingerprint density at radius 2 is 1.86 bits per heavy atom. The minimum atomic E-state index is -4.05. The van der Waals surface area contributed by atoms with Crippen molar-refractivity contribution in [3.8, 4) is 0 Å². The van der Waals surface area contributed by atoms with Crippen molar-refractivity contribution in [1.29, 1.82) is 0 Å². The van der Waals surface area contributed by atoms with Crippen LogP contribution in [0.15, 0.2) is 47.4 Å². The molecule has 1 aliphatic carbocycles. The Hall–Kier alpha value is -2.52. The lowest BCUT2D eigenvalue weighted by molar-refractivity contribution is -0.384. The van der Waals surface area contributed by atoms with Crippen LogP contribution in [-0.4, -0.2) is 25.9 Å². The van der Waals surface area contributed by atoms with Crippen LogP contribution in [0.3, 0.4) is 0 Å². The number of sulfonamides is 1. The zero-order valence-corrected chi connectivity index (χ0v) is 16.1. The summed E-state index contributed by atoms with van der Waals surface area (Å²) in [6.45, 7) is 0.390. The fourth-order valence-corrected chi connectivity index (χ4v) is 4.26. The average Bonchev–Trinajstić information content (AvgIpc) is 3.17. The number of rotatable bonds is 7. The number of hydrogen-bond donors (Lipinski definition) is 1. The van der Waals surface area contributed by atoms with Crippen molar-refractivity contribution in [2.24, 2.45) is 5.14 Å². The van der Waals surface area contributed by atoms with Crippen molar-refractivity contribution in [1.82, 2.24) is 0 Å². The number of nitrogens with two attached hydrogens (primary N) is 1. The molecule has 0 spiro atoms. The Morgan fingerprint density at radius 3 is 2.46 bits per heavy atom. The summed E-state index contributed by atoms with van der Waals surface area (Å²) >= 11 is 0. The van der Waals surface area contributed by atoms with Gasteiger partial charge in [-0.1, -0.05) is 31.0 Å². The molecule has 0 saturated heterocycles. The predicted octanol–water partition coefficient (Wildman–Crippen LogP) is 3.37. The molecule has 0 amide bonds. The fourth-order valence-electron chi connectivity index (χ4n) is 3.73. The number of nitro groups is 1.